The molecule has 0 heterocycles. The van der Waals surface area contributed by atoms with E-state index in [2.05, 4.69) is 62.6 Å². The molecule has 0 saturated carbocycles. The Bertz CT molecular complexity index is 213. The van der Waals surface area contributed by atoms with E-state index < -0.39 is 0 Å². The Hall–Kier alpha value is -0.600. The lowest BCUT2D eigenvalue weighted by Crippen LogP contribution is -2.42. The Morgan fingerprint density at radius 3 is 1.60 bits per heavy atom. The molecule has 0 aromatic heterocycles. The first-order valence-electron chi connectivity index (χ1n) is 5.88. The molecule has 15 heavy (non-hydrogen) atoms. The summed E-state index contributed by atoms with van der Waals surface area (Å²) in [7, 11) is 0. The van der Waals surface area contributed by atoms with Crippen LogP contribution in [0.3, 0.4) is 0 Å². The molecule has 2 nitrogen and oxygen atoms in total. The van der Waals surface area contributed by atoms with E-state index in [0.29, 0.717) is 12.1 Å². The van der Waals surface area contributed by atoms with Crippen molar-refractivity contribution in [3.8, 4) is 0 Å². The maximum Gasteiger partial charge on any atom is 0.0317 e. The van der Waals surface area contributed by atoms with Gasteiger partial charge < -0.3 is 10.6 Å². The van der Waals surface area contributed by atoms with Crippen molar-refractivity contribution in [3.63, 3.8) is 0 Å². The molecule has 1 aliphatic carbocycles. The third kappa shape index (κ3) is 4.18. The van der Waals surface area contributed by atoms with Crippen molar-refractivity contribution in [2.75, 3.05) is 13.1 Å². The summed E-state index contributed by atoms with van der Waals surface area (Å²) in [6.45, 7) is 10.8. The second kappa shape index (κ2) is 5.47. The van der Waals surface area contributed by atoms with Gasteiger partial charge in [-0.3, -0.25) is 0 Å². The highest BCUT2D eigenvalue weighted by atomic mass is 15.0. The highest BCUT2D eigenvalue weighted by Gasteiger charge is 2.25. The monoisotopic (exact) mass is 208 g/mol. The van der Waals surface area contributed by atoms with Gasteiger partial charge in [0.1, 0.15) is 0 Å². The van der Waals surface area contributed by atoms with E-state index >= 15 is 0 Å². The van der Waals surface area contributed by atoms with Crippen LogP contribution in [0.15, 0.2) is 24.3 Å². The number of hydrogen-bond acceptors (Lipinski definition) is 2. The first-order chi connectivity index (χ1) is 7.04. The Labute approximate surface area is 93.8 Å². The van der Waals surface area contributed by atoms with E-state index in [1.54, 1.807) is 0 Å². The van der Waals surface area contributed by atoms with E-state index in [-0.39, 0.29) is 5.41 Å². The van der Waals surface area contributed by atoms with Crippen LogP contribution in [0.25, 0.3) is 0 Å². The molecule has 2 heteroatoms. The fraction of sp³-hybridized carbons (Fsp3) is 0.692. The Balaban J connectivity index is 2.48. The predicted octanol–water partition coefficient (Wildman–Crippen LogP) is 2.09. The highest BCUT2D eigenvalue weighted by Crippen LogP contribution is 2.24. The van der Waals surface area contributed by atoms with Gasteiger partial charge in [0, 0.05) is 30.6 Å². The van der Waals surface area contributed by atoms with E-state index in [1.807, 2.05) is 0 Å². The van der Waals surface area contributed by atoms with E-state index in [0.717, 1.165) is 13.1 Å². The molecule has 86 valence electrons. The van der Waals surface area contributed by atoms with Crippen molar-refractivity contribution < 1.29 is 0 Å². The first-order valence-corrected chi connectivity index (χ1v) is 5.88. The fourth-order valence-electron chi connectivity index (χ4n) is 1.64. The minimum atomic E-state index is 0.175. The van der Waals surface area contributed by atoms with Gasteiger partial charge in [-0.2, -0.15) is 0 Å². The highest BCUT2D eigenvalue weighted by molar-refractivity contribution is 5.26. The molecule has 0 bridgehead atoms. The minimum Gasteiger partial charge on any atom is -0.313 e. The lowest BCUT2D eigenvalue weighted by molar-refractivity contribution is 0.384. The van der Waals surface area contributed by atoms with Crippen molar-refractivity contribution in [3.05, 3.63) is 24.3 Å². The van der Waals surface area contributed by atoms with Crippen LogP contribution < -0.4 is 10.6 Å². The number of nitrogens with one attached hydrogen (secondary N) is 2. The van der Waals surface area contributed by atoms with Crippen molar-refractivity contribution in [2.45, 2.75) is 39.8 Å². The summed E-state index contributed by atoms with van der Waals surface area (Å²) in [5.74, 6) is 0. The molecule has 0 amide bonds. The van der Waals surface area contributed by atoms with Gasteiger partial charge >= 0.3 is 0 Å². The zero-order valence-corrected chi connectivity index (χ0v) is 10.4. The number of hydrogen-bond donors (Lipinski definition) is 2. The molecule has 0 radical (unpaired) electrons. The number of allylic oxidation sites excluding steroid dienone is 2. The second-order valence-electron chi connectivity index (χ2n) is 5.02. The van der Waals surface area contributed by atoms with Crippen molar-refractivity contribution in [1.29, 1.82) is 0 Å². The van der Waals surface area contributed by atoms with Crippen LogP contribution in [0.1, 0.15) is 27.7 Å². The molecule has 0 unspecified atom stereocenters. The molecule has 0 fully saturated rings. The zero-order chi connectivity index (χ0) is 11.3. The van der Waals surface area contributed by atoms with Crippen molar-refractivity contribution in [2.24, 2.45) is 5.41 Å². The number of rotatable bonds is 6. The Kier molecular flexibility index (Phi) is 4.55. The molecular formula is C13H24N2. The van der Waals surface area contributed by atoms with Crippen LogP contribution in [0, 0.1) is 5.41 Å². The SMILES string of the molecule is CC(C)NCC1(CNC(C)C)C=CC=C1. The summed E-state index contributed by atoms with van der Waals surface area (Å²) in [4.78, 5) is 0. The van der Waals surface area contributed by atoms with Gasteiger partial charge in [-0.1, -0.05) is 52.0 Å². The summed E-state index contributed by atoms with van der Waals surface area (Å²) in [6, 6.07) is 1.09. The molecule has 0 aromatic carbocycles. The quantitative estimate of drug-likeness (QED) is 0.698. The Morgan fingerprint density at radius 1 is 0.867 bits per heavy atom. The van der Waals surface area contributed by atoms with Crippen LogP contribution >= 0.6 is 0 Å². The van der Waals surface area contributed by atoms with Gasteiger partial charge in [-0.25, -0.2) is 0 Å². The van der Waals surface area contributed by atoms with Crippen molar-refractivity contribution >= 4 is 0 Å². The Morgan fingerprint density at radius 2 is 1.27 bits per heavy atom. The maximum atomic E-state index is 3.51. The molecule has 1 rings (SSSR count). The molecule has 0 aromatic rings. The molecule has 1 aliphatic rings. The molecular weight excluding hydrogens is 184 g/mol. The zero-order valence-electron chi connectivity index (χ0n) is 10.4. The first kappa shape index (κ1) is 12.5. The van der Waals surface area contributed by atoms with E-state index in [4.69, 9.17) is 0 Å². The van der Waals surface area contributed by atoms with Crippen LogP contribution in [0.2, 0.25) is 0 Å². The predicted molar refractivity (Wildman–Crippen MR) is 67.0 cm³/mol. The summed E-state index contributed by atoms with van der Waals surface area (Å²) in [5.41, 5.74) is 0.175. The molecule has 0 saturated heterocycles. The smallest absolute Gasteiger partial charge is 0.0317 e. The maximum absolute atomic E-state index is 3.51. The molecule has 0 atom stereocenters. The molecule has 0 aliphatic heterocycles. The second-order valence-corrected chi connectivity index (χ2v) is 5.02. The van der Waals surface area contributed by atoms with E-state index in [9.17, 15) is 0 Å². The third-order valence-electron chi connectivity index (χ3n) is 2.65. The van der Waals surface area contributed by atoms with Gasteiger partial charge in [0.15, 0.2) is 0 Å². The summed E-state index contributed by atoms with van der Waals surface area (Å²) >= 11 is 0. The summed E-state index contributed by atoms with van der Waals surface area (Å²) in [5, 5.41) is 7.02. The lowest BCUT2D eigenvalue weighted by atomic mass is 9.89. The van der Waals surface area contributed by atoms with Crippen LogP contribution in [0.4, 0.5) is 0 Å². The van der Waals surface area contributed by atoms with Crippen LogP contribution in [0.5, 0.6) is 0 Å². The van der Waals surface area contributed by atoms with Gasteiger partial charge in [0.25, 0.3) is 0 Å². The average molecular weight is 208 g/mol. The minimum absolute atomic E-state index is 0.175. The van der Waals surface area contributed by atoms with E-state index in [1.165, 1.54) is 0 Å². The third-order valence-corrected chi connectivity index (χ3v) is 2.65. The largest absolute Gasteiger partial charge is 0.313 e. The van der Waals surface area contributed by atoms with Gasteiger partial charge in [-0.15, -0.1) is 0 Å². The average Bonchev–Trinajstić information content (AvgIpc) is 2.61. The van der Waals surface area contributed by atoms with Crippen LogP contribution in [-0.2, 0) is 0 Å². The topological polar surface area (TPSA) is 24.1 Å². The van der Waals surface area contributed by atoms with Gasteiger partial charge in [0.2, 0.25) is 0 Å². The normalized spacial score (nSPS) is 18.3. The molecule has 0 spiro atoms. The van der Waals surface area contributed by atoms with Gasteiger partial charge in [0.05, 0.1) is 0 Å². The lowest BCUT2D eigenvalue weighted by Gasteiger charge is -2.28. The summed E-state index contributed by atoms with van der Waals surface area (Å²) < 4.78 is 0. The fourth-order valence-corrected chi connectivity index (χ4v) is 1.64. The molecule has 2 N–H and O–H groups in total. The van der Waals surface area contributed by atoms with Crippen molar-refractivity contribution in [1.82, 2.24) is 10.6 Å². The standard InChI is InChI=1S/C13H24N2/c1-11(2)14-9-13(7-5-6-8-13)10-15-12(3)4/h5-8,11-12,14-15H,9-10H2,1-4H3. The van der Waals surface area contributed by atoms with Gasteiger partial charge in [-0.05, 0) is 0 Å². The van der Waals surface area contributed by atoms with Crippen LogP contribution in [-0.4, -0.2) is 25.2 Å². The summed E-state index contributed by atoms with van der Waals surface area (Å²) in [6.07, 6.45) is 8.86.